The summed E-state index contributed by atoms with van der Waals surface area (Å²) in [6.07, 6.45) is 6.36. The van der Waals surface area contributed by atoms with Crippen molar-refractivity contribution in [2.75, 3.05) is 13.2 Å². The summed E-state index contributed by atoms with van der Waals surface area (Å²) >= 11 is 5.03. The zero-order valence-corrected chi connectivity index (χ0v) is 15.1. The van der Waals surface area contributed by atoms with Gasteiger partial charge in [-0.1, -0.05) is 38.0 Å². The molecule has 6 heteroatoms. The van der Waals surface area contributed by atoms with Crippen molar-refractivity contribution in [3.63, 3.8) is 0 Å². The maximum Gasteiger partial charge on any atom is 0.265 e. The molecule has 2 amide bonds. The van der Waals surface area contributed by atoms with Crippen LogP contribution in [0.2, 0.25) is 0 Å². The molecule has 1 N–H and O–H groups in total. The minimum absolute atomic E-state index is 0.0404. The second-order valence-corrected chi connectivity index (χ2v) is 6.04. The predicted octanol–water partition coefficient (Wildman–Crippen LogP) is 3.07. The molecule has 1 aromatic carbocycles. The summed E-state index contributed by atoms with van der Waals surface area (Å²) in [7, 11) is 0. The van der Waals surface area contributed by atoms with Crippen LogP contribution in [0.15, 0.2) is 42.5 Å². The Morgan fingerprint density at radius 2 is 2.12 bits per heavy atom. The molecule has 0 aromatic heterocycles. The lowest BCUT2D eigenvalue weighted by Gasteiger charge is -2.27. The van der Waals surface area contributed by atoms with E-state index in [0.29, 0.717) is 12.4 Å². The van der Waals surface area contributed by atoms with Crippen molar-refractivity contribution in [2.24, 2.45) is 0 Å². The van der Waals surface area contributed by atoms with Gasteiger partial charge in [0.2, 0.25) is 0 Å². The second kappa shape index (κ2) is 9.13. The van der Waals surface area contributed by atoms with Crippen molar-refractivity contribution in [1.29, 1.82) is 0 Å². The summed E-state index contributed by atoms with van der Waals surface area (Å²) in [6, 6.07) is 7.32. The molecule has 0 bridgehead atoms. The summed E-state index contributed by atoms with van der Waals surface area (Å²) < 4.78 is 5.71. The number of amides is 2. The van der Waals surface area contributed by atoms with E-state index in [9.17, 15) is 9.59 Å². The van der Waals surface area contributed by atoms with Gasteiger partial charge in [0, 0.05) is 6.54 Å². The van der Waals surface area contributed by atoms with E-state index in [4.69, 9.17) is 17.0 Å². The first-order chi connectivity index (χ1) is 12.1. The fourth-order valence-electron chi connectivity index (χ4n) is 2.39. The van der Waals surface area contributed by atoms with Crippen molar-refractivity contribution in [2.45, 2.75) is 26.2 Å². The molecular weight excluding hydrogens is 336 g/mol. The Labute approximate surface area is 153 Å². The number of carbonyl (C=O) groups is 2. The van der Waals surface area contributed by atoms with Crippen LogP contribution in [0, 0.1) is 0 Å². The van der Waals surface area contributed by atoms with Crippen LogP contribution < -0.4 is 10.1 Å². The average Bonchev–Trinajstić information content (AvgIpc) is 2.60. The van der Waals surface area contributed by atoms with Gasteiger partial charge in [-0.2, -0.15) is 0 Å². The van der Waals surface area contributed by atoms with Crippen LogP contribution in [0.25, 0.3) is 6.08 Å². The zero-order valence-electron chi connectivity index (χ0n) is 14.3. The van der Waals surface area contributed by atoms with Gasteiger partial charge >= 0.3 is 0 Å². The fraction of sp³-hybridized carbons (Fsp3) is 0.316. The number of rotatable bonds is 8. The molecule has 0 unspecified atom stereocenters. The summed E-state index contributed by atoms with van der Waals surface area (Å²) in [5.41, 5.74) is 0.761. The first-order valence-electron chi connectivity index (χ1n) is 8.29. The van der Waals surface area contributed by atoms with Crippen molar-refractivity contribution >= 4 is 35.2 Å². The molecule has 1 aromatic rings. The van der Waals surface area contributed by atoms with E-state index >= 15 is 0 Å². The Morgan fingerprint density at radius 1 is 1.32 bits per heavy atom. The minimum atomic E-state index is -0.496. The highest BCUT2D eigenvalue weighted by atomic mass is 32.1. The summed E-state index contributed by atoms with van der Waals surface area (Å²) in [5.74, 6) is -0.208. The Hall–Kier alpha value is -2.47. The standard InChI is InChI=1S/C19H22N2O3S/c1-3-5-6-11-24-15-9-7-8-14(12-15)13-16-17(22)20-19(25)21(10-4-2)18(16)23/h4,7-9,12-13H,2-3,5-6,10-11H2,1H3,(H,20,22,25)/b16-13+. The van der Waals surface area contributed by atoms with Crippen molar-refractivity contribution in [3.05, 3.63) is 48.1 Å². The molecule has 2 rings (SSSR count). The smallest absolute Gasteiger partial charge is 0.265 e. The Balaban J connectivity index is 2.17. The molecule has 1 saturated heterocycles. The normalized spacial score (nSPS) is 16.1. The number of thiocarbonyl (C=S) groups is 1. The van der Waals surface area contributed by atoms with E-state index in [1.807, 2.05) is 24.3 Å². The summed E-state index contributed by atoms with van der Waals surface area (Å²) in [6.45, 7) is 6.64. The number of carbonyl (C=O) groups excluding carboxylic acids is 2. The van der Waals surface area contributed by atoms with Gasteiger partial charge < -0.3 is 4.74 Å². The van der Waals surface area contributed by atoms with E-state index in [2.05, 4.69) is 18.8 Å². The van der Waals surface area contributed by atoms with Gasteiger partial charge in [0.1, 0.15) is 11.3 Å². The van der Waals surface area contributed by atoms with Crippen LogP contribution in [0.3, 0.4) is 0 Å². The fourth-order valence-corrected chi connectivity index (χ4v) is 2.64. The summed E-state index contributed by atoms with van der Waals surface area (Å²) in [4.78, 5) is 25.9. The SMILES string of the molecule is C=CCN1C(=O)/C(=C/c2cccc(OCCCCC)c2)C(=O)NC1=S. The topological polar surface area (TPSA) is 58.6 Å². The summed E-state index contributed by atoms with van der Waals surface area (Å²) in [5, 5.41) is 2.63. The number of ether oxygens (including phenoxy) is 1. The number of hydrogen-bond donors (Lipinski definition) is 1. The largest absolute Gasteiger partial charge is 0.494 e. The number of nitrogens with zero attached hydrogens (tertiary/aromatic N) is 1. The molecule has 0 atom stereocenters. The van der Waals surface area contributed by atoms with Crippen molar-refractivity contribution in [3.8, 4) is 5.75 Å². The Morgan fingerprint density at radius 3 is 2.84 bits per heavy atom. The lowest BCUT2D eigenvalue weighted by molar-refractivity contribution is -0.128. The molecule has 1 heterocycles. The van der Waals surface area contributed by atoms with Crippen LogP contribution in [-0.2, 0) is 9.59 Å². The molecule has 132 valence electrons. The third-order valence-corrected chi connectivity index (χ3v) is 4.01. The lowest BCUT2D eigenvalue weighted by Crippen LogP contribution is -2.53. The zero-order chi connectivity index (χ0) is 18.2. The van der Waals surface area contributed by atoms with E-state index in [1.165, 1.54) is 4.90 Å². The van der Waals surface area contributed by atoms with Crippen LogP contribution in [-0.4, -0.2) is 35.0 Å². The molecule has 0 saturated carbocycles. The molecule has 1 aliphatic rings. The third kappa shape index (κ3) is 5.00. The Kier molecular flexibility index (Phi) is 6.89. The first kappa shape index (κ1) is 18.9. The number of hydrogen-bond acceptors (Lipinski definition) is 4. The molecule has 1 aliphatic heterocycles. The number of nitrogens with one attached hydrogen (secondary N) is 1. The van der Waals surface area contributed by atoms with E-state index in [0.717, 1.165) is 24.8 Å². The van der Waals surface area contributed by atoms with E-state index in [1.54, 1.807) is 12.2 Å². The van der Waals surface area contributed by atoms with Gasteiger partial charge in [0.05, 0.1) is 6.61 Å². The molecular formula is C19H22N2O3S. The van der Waals surface area contributed by atoms with Gasteiger partial charge in [0.25, 0.3) is 11.8 Å². The van der Waals surface area contributed by atoms with E-state index in [-0.39, 0.29) is 17.2 Å². The minimum Gasteiger partial charge on any atom is -0.494 e. The van der Waals surface area contributed by atoms with Gasteiger partial charge in [-0.05, 0) is 42.4 Å². The first-order valence-corrected chi connectivity index (χ1v) is 8.70. The maximum atomic E-state index is 12.5. The highest BCUT2D eigenvalue weighted by Crippen LogP contribution is 2.19. The van der Waals surface area contributed by atoms with Gasteiger partial charge in [-0.25, -0.2) is 0 Å². The van der Waals surface area contributed by atoms with Crippen molar-refractivity contribution < 1.29 is 14.3 Å². The highest BCUT2D eigenvalue weighted by Gasteiger charge is 2.32. The molecule has 5 nitrogen and oxygen atoms in total. The Bertz CT molecular complexity index is 712. The third-order valence-electron chi connectivity index (χ3n) is 3.68. The highest BCUT2D eigenvalue weighted by molar-refractivity contribution is 7.80. The molecule has 0 radical (unpaired) electrons. The number of benzene rings is 1. The molecule has 0 spiro atoms. The molecule has 1 fully saturated rings. The van der Waals surface area contributed by atoms with Gasteiger partial charge in [-0.15, -0.1) is 6.58 Å². The quantitative estimate of drug-likeness (QED) is 0.255. The van der Waals surface area contributed by atoms with Crippen molar-refractivity contribution in [1.82, 2.24) is 10.2 Å². The van der Waals surface area contributed by atoms with Gasteiger partial charge in [-0.3, -0.25) is 19.8 Å². The monoisotopic (exact) mass is 358 g/mol. The average molecular weight is 358 g/mol. The molecule has 0 aliphatic carbocycles. The van der Waals surface area contributed by atoms with Crippen LogP contribution >= 0.6 is 12.2 Å². The van der Waals surface area contributed by atoms with Crippen LogP contribution in [0.5, 0.6) is 5.75 Å². The van der Waals surface area contributed by atoms with Crippen LogP contribution in [0.4, 0.5) is 0 Å². The number of unbranched alkanes of at least 4 members (excludes halogenated alkanes) is 2. The lowest BCUT2D eigenvalue weighted by atomic mass is 10.1. The molecule has 25 heavy (non-hydrogen) atoms. The van der Waals surface area contributed by atoms with Crippen LogP contribution in [0.1, 0.15) is 31.7 Å². The van der Waals surface area contributed by atoms with Gasteiger partial charge in [0.15, 0.2) is 5.11 Å². The van der Waals surface area contributed by atoms with E-state index < -0.39 is 11.8 Å². The maximum absolute atomic E-state index is 12.5. The predicted molar refractivity (Wildman–Crippen MR) is 102 cm³/mol. The second-order valence-electron chi connectivity index (χ2n) is 5.65.